The third kappa shape index (κ3) is 8.56. The molecule has 0 bridgehead atoms. The van der Waals surface area contributed by atoms with Crippen LogP contribution in [0.4, 0.5) is 38.0 Å². The maximum atomic E-state index is 13.7. The van der Waals surface area contributed by atoms with Crippen LogP contribution in [0.1, 0.15) is 72.0 Å². The molecular weight excluding hydrogens is 612 g/mol. The van der Waals surface area contributed by atoms with Crippen molar-refractivity contribution in [3.8, 4) is 0 Å². The number of aromatic nitrogens is 4. The van der Waals surface area contributed by atoms with Crippen LogP contribution in [-0.2, 0) is 30.7 Å². The average Bonchev–Trinajstić information content (AvgIpc) is 3.31. The van der Waals surface area contributed by atoms with Crippen molar-refractivity contribution >= 4 is 17.9 Å². The van der Waals surface area contributed by atoms with Crippen molar-refractivity contribution in [2.45, 2.75) is 71.4 Å². The number of carbonyl (C=O) groups excluding carboxylic acids is 1. The summed E-state index contributed by atoms with van der Waals surface area (Å²) >= 11 is 0. The first-order chi connectivity index (χ1) is 21.6. The first kappa shape index (κ1) is 35.2. The Labute approximate surface area is 265 Å². The summed E-state index contributed by atoms with van der Waals surface area (Å²) in [5.41, 5.74) is 1.32. The zero-order chi connectivity index (χ0) is 33.8. The molecule has 1 atom stereocenters. The van der Waals surface area contributed by atoms with Gasteiger partial charge in [0, 0.05) is 25.3 Å². The Bertz CT molecular complexity index is 1450. The van der Waals surface area contributed by atoms with Crippen LogP contribution in [0.15, 0.2) is 30.3 Å². The van der Waals surface area contributed by atoms with Gasteiger partial charge in [-0.05, 0) is 113 Å². The molecule has 2 aliphatic rings. The molecule has 46 heavy (non-hydrogen) atoms. The second-order valence-electron chi connectivity index (χ2n) is 12.2. The molecule has 14 heteroatoms. The van der Waals surface area contributed by atoms with Gasteiger partial charge in [0.2, 0.25) is 0 Å². The van der Waals surface area contributed by atoms with Crippen LogP contribution in [0.5, 0.6) is 0 Å². The molecule has 1 fully saturated rings. The molecule has 3 heterocycles. The number of rotatable bonds is 6. The van der Waals surface area contributed by atoms with Crippen molar-refractivity contribution in [2.24, 2.45) is 13.0 Å². The fraction of sp³-hybridized carbons (Fsp3) is 0.562. The molecule has 0 N–H and O–H groups in total. The highest BCUT2D eigenvalue weighted by atomic mass is 19.4. The molecule has 5 rings (SSSR count). The fourth-order valence-corrected chi connectivity index (χ4v) is 6.50. The molecule has 8 nitrogen and oxygen atoms in total. The van der Waals surface area contributed by atoms with Crippen molar-refractivity contribution in [1.29, 1.82) is 0 Å². The van der Waals surface area contributed by atoms with E-state index in [4.69, 9.17) is 4.79 Å². The number of hydrogen-bond acceptors (Lipinski definition) is 7. The lowest BCUT2D eigenvalue weighted by molar-refractivity contribution is -0.143. The van der Waals surface area contributed by atoms with Gasteiger partial charge in [0.05, 0.1) is 24.2 Å². The number of hydrogen-bond donors (Lipinski definition) is 0. The predicted octanol–water partition coefficient (Wildman–Crippen LogP) is 6.76. The van der Waals surface area contributed by atoms with Gasteiger partial charge in [-0.1, -0.05) is 22.8 Å². The van der Waals surface area contributed by atoms with Gasteiger partial charge in [0.25, 0.3) is 5.95 Å². The molecule has 1 saturated heterocycles. The van der Waals surface area contributed by atoms with E-state index < -0.39 is 29.5 Å². The summed E-state index contributed by atoms with van der Waals surface area (Å²) in [4.78, 5) is 16.5. The van der Waals surface area contributed by atoms with Crippen LogP contribution in [0, 0.1) is 19.8 Å². The number of benzene rings is 2. The standard InChI is InChI=1S/C30H37F6N7.C2H4O/c1-19-12-20(2)27-25(13-19)26(6-5-9-42(27)17-21-7-10-40(3)11-8-21)43(28-37-39-41(4)38-28)18-22-14-23(29(31,32)33)16-24(15-22)30(34,35)36;1-2-3/h12-16,21,26H,5-11,17-18H2,1-4H3;2H,1H3. The lowest BCUT2D eigenvalue weighted by Gasteiger charge is -2.36. The number of carbonyl (C=O) groups is 1. The number of likely N-dealkylation sites (tertiary alicyclic amines) is 1. The molecule has 1 unspecified atom stereocenters. The van der Waals surface area contributed by atoms with Crippen LogP contribution in [-0.4, -0.2) is 64.6 Å². The largest absolute Gasteiger partial charge is 0.416 e. The van der Waals surface area contributed by atoms with Gasteiger partial charge in [-0.3, -0.25) is 0 Å². The van der Waals surface area contributed by atoms with E-state index in [-0.39, 0.29) is 24.1 Å². The van der Waals surface area contributed by atoms with E-state index in [9.17, 15) is 26.3 Å². The number of tetrazole rings is 1. The van der Waals surface area contributed by atoms with Crippen LogP contribution in [0.3, 0.4) is 0 Å². The molecule has 0 amide bonds. The lowest BCUT2D eigenvalue weighted by atomic mass is 9.93. The predicted molar refractivity (Wildman–Crippen MR) is 163 cm³/mol. The zero-order valence-corrected chi connectivity index (χ0v) is 26.8. The van der Waals surface area contributed by atoms with Crippen molar-refractivity contribution in [3.63, 3.8) is 0 Å². The number of fused-ring (bicyclic) bond motifs is 1. The maximum absolute atomic E-state index is 13.7. The first-order valence-corrected chi connectivity index (χ1v) is 15.3. The Balaban J connectivity index is 0.00000154. The zero-order valence-electron chi connectivity index (χ0n) is 26.8. The quantitative estimate of drug-likeness (QED) is 0.215. The third-order valence-corrected chi connectivity index (χ3v) is 8.50. The van der Waals surface area contributed by atoms with Crippen LogP contribution in [0.2, 0.25) is 0 Å². The van der Waals surface area contributed by atoms with Crippen LogP contribution < -0.4 is 9.80 Å². The minimum absolute atomic E-state index is 0.132. The number of piperidine rings is 1. The molecule has 2 aliphatic heterocycles. The van der Waals surface area contributed by atoms with E-state index in [1.165, 1.54) is 11.7 Å². The van der Waals surface area contributed by atoms with Gasteiger partial charge in [0.15, 0.2) is 0 Å². The van der Waals surface area contributed by atoms with Gasteiger partial charge in [0.1, 0.15) is 6.29 Å². The van der Waals surface area contributed by atoms with Gasteiger partial charge >= 0.3 is 12.4 Å². The number of aldehydes is 1. The summed E-state index contributed by atoms with van der Waals surface area (Å²) in [5, 5.41) is 12.5. The summed E-state index contributed by atoms with van der Waals surface area (Å²) in [6.07, 6.45) is -5.54. The molecular formula is C32H41F6N7O. The van der Waals surface area contributed by atoms with Crippen molar-refractivity contribution < 1.29 is 31.1 Å². The number of anilines is 2. The Morgan fingerprint density at radius 2 is 1.52 bits per heavy atom. The summed E-state index contributed by atoms with van der Waals surface area (Å²) in [7, 11) is 3.70. The minimum atomic E-state index is -4.94. The number of halogens is 6. The summed E-state index contributed by atoms with van der Waals surface area (Å²) in [6, 6.07) is 5.52. The Hall–Kier alpha value is -3.68. The molecule has 2 aromatic carbocycles. The van der Waals surface area contributed by atoms with Crippen molar-refractivity contribution in [3.05, 3.63) is 63.7 Å². The molecule has 0 radical (unpaired) electrons. The molecule has 252 valence electrons. The van der Waals surface area contributed by atoms with Gasteiger partial charge in [-0.2, -0.15) is 31.1 Å². The highest BCUT2D eigenvalue weighted by Crippen LogP contribution is 2.43. The average molecular weight is 654 g/mol. The van der Waals surface area contributed by atoms with Crippen LogP contribution >= 0.6 is 0 Å². The van der Waals surface area contributed by atoms with Crippen molar-refractivity contribution in [2.75, 3.05) is 43.0 Å². The Morgan fingerprint density at radius 1 is 0.913 bits per heavy atom. The van der Waals surface area contributed by atoms with E-state index in [0.717, 1.165) is 86.2 Å². The van der Waals surface area contributed by atoms with E-state index in [1.807, 2.05) is 6.92 Å². The van der Waals surface area contributed by atoms with E-state index in [1.54, 1.807) is 11.9 Å². The fourth-order valence-electron chi connectivity index (χ4n) is 6.50. The molecule has 0 saturated carbocycles. The minimum Gasteiger partial charge on any atom is -0.371 e. The second kappa shape index (κ2) is 14.4. The Kier molecular flexibility index (Phi) is 11.0. The smallest absolute Gasteiger partial charge is 0.371 e. The van der Waals surface area contributed by atoms with Crippen molar-refractivity contribution in [1.82, 2.24) is 25.1 Å². The lowest BCUT2D eigenvalue weighted by Crippen LogP contribution is -2.38. The Morgan fingerprint density at radius 3 is 2.07 bits per heavy atom. The molecule has 0 spiro atoms. The normalized spacial score (nSPS) is 18.0. The van der Waals surface area contributed by atoms with E-state index >= 15 is 0 Å². The summed E-state index contributed by atoms with van der Waals surface area (Å²) in [5.74, 6) is 0.678. The first-order valence-electron chi connectivity index (χ1n) is 15.3. The van der Waals surface area contributed by atoms with Gasteiger partial charge < -0.3 is 19.5 Å². The second-order valence-corrected chi connectivity index (χ2v) is 12.2. The topological polar surface area (TPSA) is 70.4 Å². The maximum Gasteiger partial charge on any atom is 0.416 e. The number of nitrogens with zero attached hydrogens (tertiary/aromatic N) is 7. The highest BCUT2D eigenvalue weighted by molar-refractivity contribution is 5.64. The SMILES string of the molecule is CC=O.Cc1cc(C)c2c(c1)C(N(Cc1cc(C(F)(F)F)cc(C(F)(F)F)c1)c1nnn(C)n1)CCCN2CC1CCN(C)CC1. The highest BCUT2D eigenvalue weighted by Gasteiger charge is 2.38. The van der Waals surface area contributed by atoms with Gasteiger partial charge in [-0.25, -0.2) is 0 Å². The van der Waals surface area contributed by atoms with E-state index in [2.05, 4.69) is 51.3 Å². The third-order valence-electron chi connectivity index (χ3n) is 8.50. The monoisotopic (exact) mass is 653 g/mol. The number of aryl methyl sites for hydroxylation is 3. The van der Waals surface area contributed by atoms with Crippen LogP contribution in [0.25, 0.3) is 0 Å². The molecule has 1 aromatic heterocycles. The molecule has 3 aromatic rings. The summed E-state index contributed by atoms with van der Waals surface area (Å²) < 4.78 is 82.3. The van der Waals surface area contributed by atoms with E-state index in [0.29, 0.717) is 12.3 Å². The number of alkyl halides is 6. The molecule has 0 aliphatic carbocycles. The van der Waals surface area contributed by atoms with Gasteiger partial charge in [-0.15, -0.1) is 5.10 Å². The summed E-state index contributed by atoms with van der Waals surface area (Å²) in [6.45, 7) is 9.01.